The fourth-order valence-electron chi connectivity index (χ4n) is 1.54. The van der Waals surface area contributed by atoms with Gasteiger partial charge in [0.2, 0.25) is 0 Å². The van der Waals surface area contributed by atoms with Crippen LogP contribution in [0.4, 0.5) is 0 Å². The second-order valence-corrected chi connectivity index (χ2v) is 5.14. The second-order valence-electron chi connectivity index (χ2n) is 4.19. The summed E-state index contributed by atoms with van der Waals surface area (Å²) < 4.78 is 0. The van der Waals surface area contributed by atoms with Crippen molar-refractivity contribution in [3.8, 4) is 10.6 Å². The van der Waals surface area contributed by atoms with E-state index in [4.69, 9.17) is 0 Å². The van der Waals surface area contributed by atoms with Crippen LogP contribution in [0.2, 0.25) is 0 Å². The minimum absolute atomic E-state index is 0.0374. The molecule has 0 fully saturated rings. The molecule has 0 aromatic carbocycles. The lowest BCUT2D eigenvalue weighted by Gasteiger charge is -2.11. The van der Waals surface area contributed by atoms with Crippen LogP contribution in [0.25, 0.3) is 10.6 Å². The van der Waals surface area contributed by atoms with Crippen molar-refractivity contribution >= 4 is 17.2 Å². The van der Waals surface area contributed by atoms with Crippen LogP contribution in [0.5, 0.6) is 0 Å². The minimum Gasteiger partial charge on any atom is -0.350 e. The van der Waals surface area contributed by atoms with Crippen LogP contribution in [0.15, 0.2) is 35.8 Å². The topological polar surface area (TPSA) is 42.0 Å². The summed E-state index contributed by atoms with van der Waals surface area (Å²) in [5.41, 5.74) is 1.51. The highest BCUT2D eigenvalue weighted by Gasteiger charge is 2.10. The number of aromatic nitrogens is 1. The van der Waals surface area contributed by atoms with Gasteiger partial charge in [0.1, 0.15) is 0 Å². The van der Waals surface area contributed by atoms with Gasteiger partial charge in [-0.05, 0) is 36.9 Å². The number of carbonyl (C=O) groups excluding carboxylic acids is 1. The highest BCUT2D eigenvalue weighted by Crippen LogP contribution is 2.22. The first-order valence-electron chi connectivity index (χ1n) is 6.01. The number of rotatable bonds is 4. The fraction of sp³-hybridized carbons (Fsp3) is 0.286. The molecule has 2 heterocycles. The molecule has 1 N–H and O–H groups in total. The Bertz CT molecular complexity index is 522. The van der Waals surface area contributed by atoms with E-state index >= 15 is 0 Å². The molecular formula is C14H16N2OS. The van der Waals surface area contributed by atoms with Gasteiger partial charge in [0.25, 0.3) is 5.91 Å². The molecule has 3 nitrogen and oxygen atoms in total. The van der Waals surface area contributed by atoms with Gasteiger partial charge in [-0.15, -0.1) is 11.3 Å². The highest BCUT2D eigenvalue weighted by atomic mass is 32.1. The molecule has 2 rings (SSSR count). The fourth-order valence-corrected chi connectivity index (χ4v) is 2.23. The second kappa shape index (κ2) is 5.78. The Morgan fingerprint density at radius 1 is 1.50 bits per heavy atom. The summed E-state index contributed by atoms with van der Waals surface area (Å²) in [5, 5.41) is 4.96. The van der Waals surface area contributed by atoms with Crippen LogP contribution in [0, 0.1) is 0 Å². The lowest BCUT2D eigenvalue weighted by Crippen LogP contribution is -2.31. The number of amides is 1. The Hall–Kier alpha value is -1.68. The average molecular weight is 260 g/mol. The molecule has 0 aliphatic heterocycles. The van der Waals surface area contributed by atoms with Crippen molar-refractivity contribution in [2.75, 3.05) is 0 Å². The maximum Gasteiger partial charge on any atom is 0.251 e. The van der Waals surface area contributed by atoms with Gasteiger partial charge in [-0.2, -0.15) is 0 Å². The molecular weight excluding hydrogens is 244 g/mol. The third kappa shape index (κ3) is 2.96. The third-order valence-electron chi connectivity index (χ3n) is 2.79. The summed E-state index contributed by atoms with van der Waals surface area (Å²) >= 11 is 1.62. The van der Waals surface area contributed by atoms with Gasteiger partial charge in [-0.25, -0.2) is 0 Å². The van der Waals surface area contributed by atoms with Gasteiger partial charge in [-0.1, -0.05) is 13.0 Å². The van der Waals surface area contributed by atoms with E-state index in [2.05, 4.69) is 17.2 Å². The summed E-state index contributed by atoms with van der Waals surface area (Å²) in [7, 11) is 0. The Labute approximate surface area is 111 Å². The molecule has 0 saturated carbocycles. The van der Waals surface area contributed by atoms with E-state index in [0.29, 0.717) is 5.56 Å². The van der Waals surface area contributed by atoms with Crippen LogP contribution in [0.1, 0.15) is 30.6 Å². The molecule has 0 spiro atoms. The van der Waals surface area contributed by atoms with Gasteiger partial charge in [0.15, 0.2) is 0 Å². The van der Waals surface area contributed by atoms with Crippen LogP contribution >= 0.6 is 11.3 Å². The summed E-state index contributed by atoms with van der Waals surface area (Å²) in [4.78, 5) is 17.4. The van der Waals surface area contributed by atoms with Gasteiger partial charge >= 0.3 is 0 Å². The maximum atomic E-state index is 12.0. The maximum absolute atomic E-state index is 12.0. The number of nitrogens with zero attached hydrogens (tertiary/aromatic N) is 1. The summed E-state index contributed by atoms with van der Waals surface area (Å²) in [6.45, 7) is 4.05. The number of hydrogen-bond donors (Lipinski definition) is 1. The van der Waals surface area contributed by atoms with E-state index in [0.717, 1.165) is 17.0 Å². The number of carbonyl (C=O) groups is 1. The molecule has 0 bridgehead atoms. The van der Waals surface area contributed by atoms with E-state index in [9.17, 15) is 4.79 Å². The van der Waals surface area contributed by atoms with E-state index < -0.39 is 0 Å². The SMILES string of the molecule is CCC(C)NC(=O)c1ccnc(-c2cccs2)c1. The van der Waals surface area contributed by atoms with E-state index in [1.165, 1.54) is 0 Å². The average Bonchev–Trinajstić information content (AvgIpc) is 2.92. The number of hydrogen-bond acceptors (Lipinski definition) is 3. The van der Waals surface area contributed by atoms with E-state index in [1.54, 1.807) is 23.6 Å². The van der Waals surface area contributed by atoms with Crippen molar-refractivity contribution in [3.63, 3.8) is 0 Å². The van der Waals surface area contributed by atoms with Crippen LogP contribution in [-0.4, -0.2) is 16.9 Å². The monoisotopic (exact) mass is 260 g/mol. The zero-order valence-electron chi connectivity index (χ0n) is 10.5. The zero-order valence-corrected chi connectivity index (χ0v) is 11.3. The van der Waals surface area contributed by atoms with Crippen LogP contribution in [-0.2, 0) is 0 Å². The van der Waals surface area contributed by atoms with Crippen LogP contribution < -0.4 is 5.32 Å². The molecule has 0 aliphatic rings. The first kappa shape index (κ1) is 12.8. The number of pyridine rings is 1. The Morgan fingerprint density at radius 3 is 3.00 bits per heavy atom. The largest absolute Gasteiger partial charge is 0.350 e. The number of thiophene rings is 1. The van der Waals surface area contributed by atoms with Gasteiger partial charge < -0.3 is 5.32 Å². The predicted molar refractivity (Wildman–Crippen MR) is 74.8 cm³/mol. The first-order valence-corrected chi connectivity index (χ1v) is 6.89. The molecule has 2 aromatic heterocycles. The normalized spacial score (nSPS) is 12.1. The van der Waals surface area contributed by atoms with Crippen molar-refractivity contribution in [2.24, 2.45) is 0 Å². The van der Waals surface area contributed by atoms with Gasteiger partial charge in [0.05, 0.1) is 10.6 Å². The lowest BCUT2D eigenvalue weighted by molar-refractivity contribution is 0.0939. The summed E-state index contributed by atoms with van der Waals surface area (Å²) in [6, 6.07) is 7.76. The predicted octanol–water partition coefficient (Wildman–Crippen LogP) is 3.34. The van der Waals surface area contributed by atoms with Crippen molar-refractivity contribution < 1.29 is 4.79 Å². The molecule has 1 amide bonds. The van der Waals surface area contributed by atoms with E-state index in [1.807, 2.05) is 30.5 Å². The Morgan fingerprint density at radius 2 is 2.33 bits per heavy atom. The molecule has 1 unspecified atom stereocenters. The van der Waals surface area contributed by atoms with Crippen molar-refractivity contribution in [1.82, 2.24) is 10.3 Å². The molecule has 0 aliphatic carbocycles. The summed E-state index contributed by atoms with van der Waals surface area (Å²) in [5.74, 6) is -0.0374. The molecule has 94 valence electrons. The van der Waals surface area contributed by atoms with Gasteiger partial charge in [-0.3, -0.25) is 9.78 Å². The third-order valence-corrected chi connectivity index (χ3v) is 3.68. The van der Waals surface area contributed by atoms with Gasteiger partial charge in [0, 0.05) is 17.8 Å². The molecule has 18 heavy (non-hydrogen) atoms. The van der Waals surface area contributed by atoms with E-state index in [-0.39, 0.29) is 11.9 Å². The van der Waals surface area contributed by atoms with Crippen molar-refractivity contribution in [2.45, 2.75) is 26.3 Å². The molecule has 0 saturated heterocycles. The number of nitrogens with one attached hydrogen (secondary N) is 1. The van der Waals surface area contributed by atoms with Crippen molar-refractivity contribution in [3.05, 3.63) is 41.4 Å². The Balaban J connectivity index is 2.20. The molecule has 1 atom stereocenters. The highest BCUT2D eigenvalue weighted by molar-refractivity contribution is 7.13. The Kier molecular flexibility index (Phi) is 4.10. The zero-order chi connectivity index (χ0) is 13.0. The molecule has 4 heteroatoms. The molecule has 2 aromatic rings. The first-order chi connectivity index (χ1) is 8.70. The summed E-state index contributed by atoms with van der Waals surface area (Å²) in [6.07, 6.45) is 2.61. The van der Waals surface area contributed by atoms with Crippen LogP contribution in [0.3, 0.4) is 0 Å². The smallest absolute Gasteiger partial charge is 0.251 e. The minimum atomic E-state index is -0.0374. The lowest BCUT2D eigenvalue weighted by atomic mass is 10.1. The standard InChI is InChI=1S/C14H16N2OS/c1-3-10(2)16-14(17)11-6-7-15-12(9-11)13-5-4-8-18-13/h4-10H,3H2,1-2H3,(H,16,17). The molecule has 0 radical (unpaired) electrons. The van der Waals surface area contributed by atoms with Crippen molar-refractivity contribution in [1.29, 1.82) is 0 Å². The quantitative estimate of drug-likeness (QED) is 0.916.